The van der Waals surface area contributed by atoms with E-state index in [9.17, 15) is 4.79 Å². The molecule has 0 aromatic heterocycles. The van der Waals surface area contributed by atoms with E-state index in [4.69, 9.17) is 14.2 Å². The van der Waals surface area contributed by atoms with E-state index in [-0.39, 0.29) is 17.6 Å². The minimum absolute atomic E-state index is 0.0105. The third-order valence-electron chi connectivity index (χ3n) is 11.6. The van der Waals surface area contributed by atoms with Crippen molar-refractivity contribution in [2.24, 2.45) is 46.3 Å². The van der Waals surface area contributed by atoms with E-state index in [1.807, 2.05) is 0 Å². The smallest absolute Gasteiger partial charge is 0.407 e. The van der Waals surface area contributed by atoms with Crippen LogP contribution in [0.1, 0.15) is 105 Å². The highest BCUT2D eigenvalue weighted by Gasteiger charge is 2.59. The number of hydrogen-bond acceptors (Lipinski definition) is 4. The number of hydrogen-bond donors (Lipinski definition) is 1. The van der Waals surface area contributed by atoms with Crippen molar-refractivity contribution >= 4 is 6.09 Å². The number of alkyl carbamates (subject to hydrolysis) is 1. The number of nitrogens with one attached hydrogen (secondary N) is 1. The van der Waals surface area contributed by atoms with Crippen molar-refractivity contribution in [3.63, 3.8) is 0 Å². The molecule has 4 aliphatic rings. The molecule has 5 nitrogen and oxygen atoms in total. The maximum atomic E-state index is 12.4. The van der Waals surface area contributed by atoms with Crippen molar-refractivity contribution in [3.05, 3.63) is 18.6 Å². The SMILES string of the molecule is [CH2]COCCOCCNC(=O)OC1CC[C@@]2(C)C(=CCC3C2CC[C@@]2(C)C3CC[C@@H]2[C@H](C)CCCC(C)C)C1. The molecule has 0 aromatic carbocycles. The van der Waals surface area contributed by atoms with Crippen LogP contribution in [0.25, 0.3) is 0 Å². The van der Waals surface area contributed by atoms with Crippen LogP contribution in [0.5, 0.6) is 0 Å². The molecule has 39 heavy (non-hydrogen) atoms. The highest BCUT2D eigenvalue weighted by atomic mass is 16.6. The van der Waals surface area contributed by atoms with Crippen LogP contribution in [0.3, 0.4) is 0 Å². The monoisotopic (exact) mass is 544 g/mol. The predicted molar refractivity (Wildman–Crippen MR) is 158 cm³/mol. The lowest BCUT2D eigenvalue weighted by molar-refractivity contribution is -0.0581. The Labute approximate surface area is 239 Å². The summed E-state index contributed by atoms with van der Waals surface area (Å²) in [6.07, 6.45) is 16.4. The number of carbonyl (C=O) groups excluding carboxylic acids is 1. The van der Waals surface area contributed by atoms with Crippen molar-refractivity contribution in [1.82, 2.24) is 5.32 Å². The lowest BCUT2D eigenvalue weighted by Gasteiger charge is -2.58. The largest absolute Gasteiger partial charge is 0.446 e. The van der Waals surface area contributed by atoms with Gasteiger partial charge in [0, 0.05) is 19.6 Å². The van der Waals surface area contributed by atoms with Crippen molar-refractivity contribution in [2.75, 3.05) is 33.0 Å². The minimum Gasteiger partial charge on any atom is -0.446 e. The van der Waals surface area contributed by atoms with Crippen molar-refractivity contribution in [3.8, 4) is 0 Å². The Balaban J connectivity index is 1.29. The predicted octanol–water partition coefficient (Wildman–Crippen LogP) is 7.99. The molecule has 8 atom stereocenters. The Morgan fingerprint density at radius 3 is 2.59 bits per heavy atom. The summed E-state index contributed by atoms with van der Waals surface area (Å²) in [5.41, 5.74) is 2.38. The van der Waals surface area contributed by atoms with Crippen molar-refractivity contribution in [1.29, 1.82) is 0 Å². The molecule has 223 valence electrons. The molecule has 3 saturated carbocycles. The molecule has 0 saturated heterocycles. The van der Waals surface area contributed by atoms with Gasteiger partial charge in [-0.25, -0.2) is 4.79 Å². The molecule has 4 aliphatic carbocycles. The summed E-state index contributed by atoms with van der Waals surface area (Å²) in [5, 5.41) is 2.85. The van der Waals surface area contributed by atoms with Crippen LogP contribution >= 0.6 is 0 Å². The zero-order valence-corrected chi connectivity index (χ0v) is 25.8. The fourth-order valence-electron chi connectivity index (χ4n) is 9.49. The average molecular weight is 545 g/mol. The number of ether oxygens (including phenoxy) is 3. The third kappa shape index (κ3) is 7.05. The highest BCUT2D eigenvalue weighted by molar-refractivity contribution is 5.67. The van der Waals surface area contributed by atoms with Crippen LogP contribution in [-0.2, 0) is 14.2 Å². The normalized spacial score (nSPS) is 36.5. The molecule has 3 fully saturated rings. The Bertz CT molecular complexity index is 826. The first-order chi connectivity index (χ1) is 18.7. The van der Waals surface area contributed by atoms with Crippen LogP contribution in [-0.4, -0.2) is 45.2 Å². The first-order valence-electron chi connectivity index (χ1n) is 16.3. The standard InChI is InChI=1S/C34H58NO4/c1-7-37-21-22-38-20-19-35-32(36)39-27-15-17-33(5)26(23-27)11-12-28-30-14-13-29(25(4)10-8-9-24(2)3)34(30,6)18-16-31(28)33/h11,24-25,27-31H,1,7-10,12-23H2,2-6H3,(H,35,36)/t25-,27?,28?,29-,30?,31?,33+,34-/m1/s1. The first-order valence-corrected chi connectivity index (χ1v) is 16.3. The van der Waals surface area contributed by atoms with Gasteiger partial charge >= 0.3 is 6.09 Å². The van der Waals surface area contributed by atoms with Gasteiger partial charge < -0.3 is 19.5 Å². The summed E-state index contributed by atoms with van der Waals surface area (Å²) in [4.78, 5) is 12.4. The summed E-state index contributed by atoms with van der Waals surface area (Å²) < 4.78 is 16.5. The lowest BCUT2D eigenvalue weighted by atomic mass is 9.47. The van der Waals surface area contributed by atoms with Crippen LogP contribution in [0.2, 0.25) is 0 Å². The van der Waals surface area contributed by atoms with Gasteiger partial charge in [-0.05, 0) is 98.2 Å². The van der Waals surface area contributed by atoms with E-state index in [0.717, 1.165) is 54.8 Å². The van der Waals surface area contributed by atoms with Gasteiger partial charge in [-0.15, -0.1) is 0 Å². The molecular formula is C34H58NO4. The topological polar surface area (TPSA) is 56.8 Å². The second-order valence-corrected chi connectivity index (χ2v) is 14.2. The van der Waals surface area contributed by atoms with Gasteiger partial charge in [0.05, 0.1) is 19.8 Å². The van der Waals surface area contributed by atoms with E-state index in [2.05, 4.69) is 52.9 Å². The maximum absolute atomic E-state index is 12.4. The van der Waals surface area contributed by atoms with E-state index < -0.39 is 0 Å². The van der Waals surface area contributed by atoms with E-state index in [1.54, 1.807) is 5.57 Å². The second kappa shape index (κ2) is 13.7. The van der Waals surface area contributed by atoms with Gasteiger partial charge in [0.1, 0.15) is 6.10 Å². The molecule has 1 N–H and O–H groups in total. The maximum Gasteiger partial charge on any atom is 0.407 e. The van der Waals surface area contributed by atoms with Crippen LogP contribution < -0.4 is 5.32 Å². The van der Waals surface area contributed by atoms with Gasteiger partial charge in [0.2, 0.25) is 0 Å². The highest BCUT2D eigenvalue weighted by Crippen LogP contribution is 2.67. The van der Waals surface area contributed by atoms with E-state index >= 15 is 0 Å². The van der Waals surface area contributed by atoms with Gasteiger partial charge in [-0.1, -0.05) is 65.5 Å². The number of amides is 1. The van der Waals surface area contributed by atoms with Crippen molar-refractivity contribution < 1.29 is 19.0 Å². The summed E-state index contributed by atoms with van der Waals surface area (Å²) in [6.45, 7) is 18.6. The molecule has 0 heterocycles. The minimum atomic E-state index is -0.316. The molecule has 4 unspecified atom stereocenters. The second-order valence-electron chi connectivity index (χ2n) is 14.2. The Morgan fingerprint density at radius 2 is 1.82 bits per heavy atom. The molecule has 4 rings (SSSR count). The number of carbonyl (C=O) groups is 1. The van der Waals surface area contributed by atoms with Gasteiger partial charge in [-0.3, -0.25) is 0 Å². The van der Waals surface area contributed by atoms with Crippen LogP contribution in [0, 0.1) is 53.3 Å². The average Bonchev–Trinajstić information content (AvgIpc) is 3.25. The molecule has 5 heteroatoms. The molecule has 1 radical (unpaired) electrons. The molecule has 0 spiro atoms. The summed E-state index contributed by atoms with van der Waals surface area (Å²) in [7, 11) is 0. The summed E-state index contributed by atoms with van der Waals surface area (Å²) >= 11 is 0. The molecular weight excluding hydrogens is 486 g/mol. The number of allylic oxidation sites excluding steroid dienone is 1. The fraction of sp³-hybridized carbons (Fsp3) is 0.882. The lowest BCUT2D eigenvalue weighted by Crippen LogP contribution is -2.51. The van der Waals surface area contributed by atoms with Crippen LogP contribution in [0.4, 0.5) is 4.79 Å². The van der Waals surface area contributed by atoms with E-state index in [1.165, 1.54) is 51.4 Å². The van der Waals surface area contributed by atoms with Gasteiger partial charge in [0.25, 0.3) is 0 Å². The van der Waals surface area contributed by atoms with Crippen molar-refractivity contribution in [2.45, 2.75) is 111 Å². The Morgan fingerprint density at radius 1 is 1.03 bits per heavy atom. The summed E-state index contributed by atoms with van der Waals surface area (Å²) in [5.74, 6) is 5.11. The third-order valence-corrected chi connectivity index (χ3v) is 11.6. The molecule has 0 aromatic rings. The number of rotatable bonds is 13. The van der Waals surface area contributed by atoms with Gasteiger partial charge in [-0.2, -0.15) is 0 Å². The van der Waals surface area contributed by atoms with Crippen LogP contribution in [0.15, 0.2) is 11.6 Å². The van der Waals surface area contributed by atoms with E-state index in [0.29, 0.717) is 38.4 Å². The zero-order chi connectivity index (χ0) is 28.0. The zero-order valence-electron chi connectivity index (χ0n) is 25.8. The Kier molecular flexibility index (Phi) is 10.9. The quantitative estimate of drug-likeness (QED) is 0.189. The molecule has 0 aliphatic heterocycles. The Hall–Kier alpha value is -1.07. The molecule has 1 amide bonds. The van der Waals surface area contributed by atoms with Gasteiger partial charge in [0.15, 0.2) is 0 Å². The number of fused-ring (bicyclic) bond motifs is 5. The fourth-order valence-corrected chi connectivity index (χ4v) is 9.49. The molecule has 0 bridgehead atoms. The summed E-state index contributed by atoms with van der Waals surface area (Å²) in [6, 6.07) is 0. The first kappa shape index (κ1) is 30.9.